The third kappa shape index (κ3) is 5.20. The largest absolute Gasteiger partial charge is 0.465 e. The molecule has 16 heavy (non-hydrogen) atoms. The highest BCUT2D eigenvalue weighted by atomic mass is 35.5. The van der Waals surface area contributed by atoms with Crippen LogP contribution in [0.15, 0.2) is 0 Å². The molecule has 1 aliphatic carbocycles. The minimum atomic E-state index is -0.448. The molecular formula is C13H23ClO2. The minimum Gasteiger partial charge on any atom is -0.465 e. The molecule has 1 saturated carbocycles. The average molecular weight is 247 g/mol. The van der Waals surface area contributed by atoms with Crippen LogP contribution >= 0.6 is 11.6 Å². The van der Waals surface area contributed by atoms with Gasteiger partial charge >= 0.3 is 5.97 Å². The van der Waals surface area contributed by atoms with E-state index >= 15 is 0 Å². The van der Waals surface area contributed by atoms with Gasteiger partial charge in [0.1, 0.15) is 5.38 Å². The van der Waals surface area contributed by atoms with Gasteiger partial charge in [-0.2, -0.15) is 0 Å². The Morgan fingerprint density at radius 2 is 2.06 bits per heavy atom. The van der Waals surface area contributed by atoms with Gasteiger partial charge in [-0.05, 0) is 18.8 Å². The van der Waals surface area contributed by atoms with Crippen LogP contribution in [0.2, 0.25) is 0 Å². The Hall–Kier alpha value is -0.240. The fraction of sp³-hybridized carbons (Fsp3) is 0.923. The lowest BCUT2D eigenvalue weighted by molar-refractivity contribution is -0.143. The van der Waals surface area contributed by atoms with E-state index in [-0.39, 0.29) is 5.97 Å². The number of carbonyl (C=O) groups is 1. The maximum Gasteiger partial charge on any atom is 0.324 e. The number of rotatable bonds is 6. The lowest BCUT2D eigenvalue weighted by Crippen LogP contribution is -2.19. The number of halogens is 1. The summed E-state index contributed by atoms with van der Waals surface area (Å²) in [5.41, 5.74) is 0. The summed E-state index contributed by atoms with van der Waals surface area (Å²) in [6, 6.07) is 0. The van der Waals surface area contributed by atoms with Crippen molar-refractivity contribution in [2.45, 2.75) is 63.7 Å². The molecule has 1 unspecified atom stereocenters. The summed E-state index contributed by atoms with van der Waals surface area (Å²) in [6.07, 6.45) is 9.31. The van der Waals surface area contributed by atoms with Crippen LogP contribution in [0.1, 0.15) is 58.3 Å². The third-order valence-corrected chi connectivity index (χ3v) is 3.69. The fourth-order valence-corrected chi connectivity index (χ4v) is 2.54. The van der Waals surface area contributed by atoms with Gasteiger partial charge < -0.3 is 4.74 Å². The molecular weight excluding hydrogens is 224 g/mol. The molecule has 0 spiro atoms. The predicted molar refractivity (Wildman–Crippen MR) is 66.7 cm³/mol. The molecule has 0 N–H and O–H groups in total. The summed E-state index contributed by atoms with van der Waals surface area (Å²) in [5.74, 6) is 0.529. The van der Waals surface area contributed by atoms with Crippen LogP contribution in [0.3, 0.4) is 0 Å². The highest BCUT2D eigenvalue weighted by molar-refractivity contribution is 6.29. The molecule has 0 heterocycles. The SMILES string of the molecule is CCCC(Cl)C(=O)OCCC1CCCCC1. The lowest BCUT2D eigenvalue weighted by atomic mass is 9.87. The summed E-state index contributed by atoms with van der Waals surface area (Å²) >= 11 is 5.88. The number of alkyl halides is 1. The molecule has 0 aromatic carbocycles. The molecule has 1 fully saturated rings. The van der Waals surface area contributed by atoms with E-state index in [9.17, 15) is 4.79 Å². The normalized spacial score (nSPS) is 19.4. The summed E-state index contributed by atoms with van der Waals surface area (Å²) in [5, 5.41) is -0.448. The quantitative estimate of drug-likeness (QED) is 0.525. The van der Waals surface area contributed by atoms with Gasteiger partial charge in [-0.15, -0.1) is 11.6 Å². The molecule has 0 amide bonds. The maximum absolute atomic E-state index is 11.4. The Labute approximate surface area is 104 Å². The Balaban J connectivity index is 2.07. The number of carbonyl (C=O) groups excluding carboxylic acids is 1. The first-order valence-electron chi connectivity index (χ1n) is 6.54. The molecule has 3 heteroatoms. The molecule has 94 valence electrons. The summed E-state index contributed by atoms with van der Waals surface area (Å²) in [7, 11) is 0. The molecule has 1 rings (SSSR count). The number of hydrogen-bond acceptors (Lipinski definition) is 2. The van der Waals surface area contributed by atoms with Gasteiger partial charge in [-0.25, -0.2) is 0 Å². The second-order valence-corrected chi connectivity index (χ2v) is 5.24. The average Bonchev–Trinajstić information content (AvgIpc) is 2.30. The topological polar surface area (TPSA) is 26.3 Å². The first-order chi connectivity index (χ1) is 7.74. The molecule has 0 radical (unpaired) electrons. The molecule has 0 aromatic rings. The maximum atomic E-state index is 11.4. The standard InChI is InChI=1S/C13H23ClO2/c1-2-6-12(14)13(15)16-10-9-11-7-4-3-5-8-11/h11-12H,2-10H2,1H3. The van der Waals surface area contributed by atoms with Gasteiger partial charge in [0.2, 0.25) is 0 Å². The van der Waals surface area contributed by atoms with Crippen molar-refractivity contribution in [3.63, 3.8) is 0 Å². The van der Waals surface area contributed by atoms with Gasteiger partial charge in [0.25, 0.3) is 0 Å². The number of esters is 1. The Morgan fingerprint density at radius 3 is 2.69 bits per heavy atom. The molecule has 0 aromatic heterocycles. The summed E-state index contributed by atoms with van der Waals surface area (Å²) in [6.45, 7) is 2.57. The van der Waals surface area contributed by atoms with Crippen LogP contribution in [0.5, 0.6) is 0 Å². The predicted octanol–water partition coefficient (Wildman–Crippen LogP) is 3.91. The zero-order valence-corrected chi connectivity index (χ0v) is 11.0. The zero-order chi connectivity index (χ0) is 11.8. The van der Waals surface area contributed by atoms with Crippen molar-refractivity contribution in [2.24, 2.45) is 5.92 Å². The molecule has 0 aliphatic heterocycles. The molecule has 1 aliphatic rings. The van der Waals surface area contributed by atoms with Crippen molar-refractivity contribution in [3.8, 4) is 0 Å². The van der Waals surface area contributed by atoms with Crippen LogP contribution in [0.25, 0.3) is 0 Å². The van der Waals surface area contributed by atoms with E-state index in [0.29, 0.717) is 13.0 Å². The van der Waals surface area contributed by atoms with Crippen LogP contribution in [-0.4, -0.2) is 18.0 Å². The smallest absolute Gasteiger partial charge is 0.324 e. The first-order valence-corrected chi connectivity index (χ1v) is 6.98. The Kier molecular flexibility index (Phi) is 6.86. The highest BCUT2D eigenvalue weighted by Gasteiger charge is 2.17. The second-order valence-electron chi connectivity index (χ2n) is 4.72. The molecule has 0 saturated heterocycles. The summed E-state index contributed by atoms with van der Waals surface area (Å²) in [4.78, 5) is 11.4. The van der Waals surface area contributed by atoms with Gasteiger partial charge in [0.05, 0.1) is 6.61 Å². The van der Waals surface area contributed by atoms with E-state index in [2.05, 4.69) is 0 Å². The Bertz CT molecular complexity index is 200. The lowest BCUT2D eigenvalue weighted by Gasteiger charge is -2.21. The van der Waals surface area contributed by atoms with Crippen LogP contribution in [0, 0.1) is 5.92 Å². The molecule has 1 atom stereocenters. The minimum absolute atomic E-state index is 0.237. The van der Waals surface area contributed by atoms with Gasteiger partial charge in [0, 0.05) is 0 Å². The highest BCUT2D eigenvalue weighted by Crippen LogP contribution is 2.26. The second kappa shape index (κ2) is 7.94. The van der Waals surface area contributed by atoms with E-state index in [1.807, 2.05) is 6.92 Å². The summed E-state index contributed by atoms with van der Waals surface area (Å²) < 4.78 is 5.19. The number of ether oxygens (including phenoxy) is 1. The van der Waals surface area contributed by atoms with Crippen LogP contribution < -0.4 is 0 Å². The van der Waals surface area contributed by atoms with Crippen molar-refractivity contribution >= 4 is 17.6 Å². The van der Waals surface area contributed by atoms with Crippen LogP contribution in [0.4, 0.5) is 0 Å². The van der Waals surface area contributed by atoms with Crippen molar-refractivity contribution < 1.29 is 9.53 Å². The van der Waals surface area contributed by atoms with Gasteiger partial charge in [-0.3, -0.25) is 4.79 Å². The van der Waals surface area contributed by atoms with E-state index in [4.69, 9.17) is 16.3 Å². The number of hydrogen-bond donors (Lipinski definition) is 0. The third-order valence-electron chi connectivity index (χ3n) is 3.29. The fourth-order valence-electron chi connectivity index (χ4n) is 2.26. The van der Waals surface area contributed by atoms with Gasteiger partial charge in [0.15, 0.2) is 0 Å². The van der Waals surface area contributed by atoms with E-state index in [1.165, 1.54) is 32.1 Å². The Morgan fingerprint density at radius 1 is 1.38 bits per heavy atom. The van der Waals surface area contributed by atoms with Crippen molar-refractivity contribution in [3.05, 3.63) is 0 Å². The van der Waals surface area contributed by atoms with Gasteiger partial charge in [-0.1, -0.05) is 45.4 Å². The molecule has 0 bridgehead atoms. The van der Waals surface area contributed by atoms with E-state index in [0.717, 1.165) is 18.8 Å². The first kappa shape index (κ1) is 13.8. The van der Waals surface area contributed by atoms with E-state index < -0.39 is 5.38 Å². The monoisotopic (exact) mass is 246 g/mol. The van der Waals surface area contributed by atoms with Crippen molar-refractivity contribution in [2.75, 3.05) is 6.61 Å². The van der Waals surface area contributed by atoms with Crippen LogP contribution in [-0.2, 0) is 9.53 Å². The zero-order valence-electron chi connectivity index (χ0n) is 10.2. The van der Waals surface area contributed by atoms with E-state index in [1.54, 1.807) is 0 Å². The molecule has 2 nitrogen and oxygen atoms in total. The van der Waals surface area contributed by atoms with Crippen molar-refractivity contribution in [1.29, 1.82) is 0 Å². The van der Waals surface area contributed by atoms with Crippen molar-refractivity contribution in [1.82, 2.24) is 0 Å².